The van der Waals surface area contributed by atoms with Crippen molar-refractivity contribution in [2.75, 3.05) is 38.8 Å². The van der Waals surface area contributed by atoms with Crippen molar-refractivity contribution in [1.29, 1.82) is 0 Å². The van der Waals surface area contributed by atoms with Gasteiger partial charge in [-0.2, -0.15) is 0 Å². The maximum Gasteiger partial charge on any atom is 0.293 e. The Labute approximate surface area is 206 Å². The van der Waals surface area contributed by atoms with Crippen molar-refractivity contribution < 1.29 is 18.7 Å². The molecule has 9 nitrogen and oxygen atoms in total. The van der Waals surface area contributed by atoms with E-state index in [9.17, 15) is 14.0 Å². The summed E-state index contributed by atoms with van der Waals surface area (Å²) >= 11 is 6.42. The molecule has 1 aromatic carbocycles. The first kappa shape index (κ1) is 24.7. The normalized spacial score (nSPS) is 14.3. The number of aromatic nitrogens is 3. The van der Waals surface area contributed by atoms with Crippen molar-refractivity contribution in [3.8, 4) is 11.5 Å². The van der Waals surface area contributed by atoms with Crippen LogP contribution in [0, 0.1) is 0 Å². The van der Waals surface area contributed by atoms with Crippen molar-refractivity contribution in [2.45, 2.75) is 25.4 Å². The number of likely N-dealkylation sites (N-methyl/N-ethyl adjacent to an activating group) is 1. The predicted octanol–water partition coefficient (Wildman–Crippen LogP) is 2.64. The fraction of sp³-hybridized carbons (Fsp3) is 0.417. The summed E-state index contributed by atoms with van der Waals surface area (Å²) in [6.07, 6.45) is 2.06. The predicted molar refractivity (Wildman–Crippen MR) is 131 cm³/mol. The minimum Gasteiger partial charge on any atom is -0.495 e. The number of amides is 1. The van der Waals surface area contributed by atoms with E-state index >= 15 is 0 Å². The molecule has 1 amide bonds. The Morgan fingerprint density at radius 3 is 2.69 bits per heavy atom. The SMILES string of the molecule is CNC(=O)COc1cc2cc(Cc3nc(N4CCC(F)CC4)ncc3Cl)cc(OC)c2n(C)c1=O. The molecule has 0 bridgehead atoms. The van der Waals surface area contributed by atoms with Crippen LogP contribution in [0.1, 0.15) is 24.1 Å². The fourth-order valence-corrected chi connectivity index (χ4v) is 4.27. The Balaban J connectivity index is 1.69. The highest BCUT2D eigenvalue weighted by Crippen LogP contribution is 2.30. The van der Waals surface area contributed by atoms with Crippen LogP contribution in [0.3, 0.4) is 0 Å². The molecule has 0 atom stereocenters. The minimum absolute atomic E-state index is 0.0569. The van der Waals surface area contributed by atoms with Crippen LogP contribution in [0.2, 0.25) is 5.02 Å². The quantitative estimate of drug-likeness (QED) is 0.529. The molecule has 0 radical (unpaired) electrons. The van der Waals surface area contributed by atoms with Gasteiger partial charge in [-0.3, -0.25) is 9.59 Å². The molecule has 0 unspecified atom stereocenters. The highest BCUT2D eigenvalue weighted by atomic mass is 35.5. The molecule has 1 saturated heterocycles. The Bertz CT molecular complexity index is 1310. The molecule has 11 heteroatoms. The molecule has 1 aliphatic rings. The number of aryl methyl sites for hydroxylation is 1. The first-order valence-corrected chi connectivity index (χ1v) is 11.6. The number of methoxy groups -OCH3 is 1. The molecule has 35 heavy (non-hydrogen) atoms. The average Bonchev–Trinajstić information content (AvgIpc) is 2.86. The number of hydrogen-bond donors (Lipinski definition) is 1. The summed E-state index contributed by atoms with van der Waals surface area (Å²) in [6.45, 7) is 0.838. The lowest BCUT2D eigenvalue weighted by Crippen LogP contribution is -2.35. The van der Waals surface area contributed by atoms with E-state index in [1.165, 1.54) is 18.7 Å². The zero-order valence-corrected chi connectivity index (χ0v) is 20.6. The van der Waals surface area contributed by atoms with E-state index in [2.05, 4.69) is 15.3 Å². The Hall–Kier alpha value is -3.40. The second-order valence-electron chi connectivity index (χ2n) is 8.37. The number of anilines is 1. The van der Waals surface area contributed by atoms with Gasteiger partial charge in [-0.05, 0) is 36.6 Å². The fourth-order valence-electron chi connectivity index (χ4n) is 4.11. The van der Waals surface area contributed by atoms with E-state index in [4.69, 9.17) is 21.1 Å². The second-order valence-corrected chi connectivity index (χ2v) is 8.78. The maximum atomic E-state index is 13.5. The number of nitrogens with one attached hydrogen (secondary N) is 1. The Morgan fingerprint density at radius 2 is 2.00 bits per heavy atom. The number of rotatable bonds is 7. The van der Waals surface area contributed by atoms with Gasteiger partial charge in [-0.25, -0.2) is 14.4 Å². The summed E-state index contributed by atoms with van der Waals surface area (Å²) in [5.41, 5.74) is 1.69. The third-order valence-corrected chi connectivity index (χ3v) is 6.36. The van der Waals surface area contributed by atoms with Crippen LogP contribution in [0.25, 0.3) is 10.9 Å². The molecule has 3 aromatic rings. The summed E-state index contributed by atoms with van der Waals surface area (Å²) in [6, 6.07) is 5.33. The Morgan fingerprint density at radius 1 is 1.26 bits per heavy atom. The molecule has 3 heterocycles. The van der Waals surface area contributed by atoms with E-state index in [0.29, 0.717) is 65.7 Å². The smallest absolute Gasteiger partial charge is 0.293 e. The lowest BCUT2D eigenvalue weighted by Gasteiger charge is -2.28. The molecular formula is C24H27ClFN5O4. The first-order valence-electron chi connectivity index (χ1n) is 11.2. The molecular weight excluding hydrogens is 477 g/mol. The summed E-state index contributed by atoms with van der Waals surface area (Å²) in [5.74, 6) is 0.742. The number of alkyl halides is 1. The number of benzene rings is 1. The number of carbonyl (C=O) groups is 1. The number of nitrogens with zero attached hydrogens (tertiary/aromatic N) is 4. The van der Waals surface area contributed by atoms with Crippen molar-refractivity contribution in [2.24, 2.45) is 7.05 Å². The van der Waals surface area contributed by atoms with E-state index in [-0.39, 0.29) is 23.8 Å². The molecule has 2 aromatic heterocycles. The number of pyridine rings is 1. The van der Waals surface area contributed by atoms with Crippen LogP contribution in [0.15, 0.2) is 29.2 Å². The van der Waals surface area contributed by atoms with Gasteiger partial charge in [0.05, 0.1) is 29.5 Å². The Kier molecular flexibility index (Phi) is 7.39. The average molecular weight is 504 g/mol. The number of fused-ring (bicyclic) bond motifs is 1. The van der Waals surface area contributed by atoms with Gasteiger partial charge < -0.3 is 24.3 Å². The third kappa shape index (κ3) is 5.32. The zero-order valence-electron chi connectivity index (χ0n) is 19.8. The number of piperidine rings is 1. The third-order valence-electron chi connectivity index (χ3n) is 6.04. The van der Waals surface area contributed by atoms with Crippen molar-refractivity contribution in [3.05, 3.63) is 51.0 Å². The minimum atomic E-state index is -0.788. The molecule has 4 rings (SSSR count). The number of carbonyl (C=O) groups excluding carboxylic acids is 1. The lowest BCUT2D eigenvalue weighted by atomic mass is 10.0. The summed E-state index contributed by atoms with van der Waals surface area (Å²) in [4.78, 5) is 35.3. The van der Waals surface area contributed by atoms with Gasteiger partial charge in [0, 0.05) is 39.0 Å². The molecule has 0 aliphatic carbocycles. The highest BCUT2D eigenvalue weighted by Gasteiger charge is 2.21. The first-order chi connectivity index (χ1) is 16.8. The van der Waals surface area contributed by atoms with Crippen LogP contribution in [-0.2, 0) is 18.3 Å². The van der Waals surface area contributed by atoms with Gasteiger partial charge in [-0.1, -0.05) is 11.6 Å². The maximum absolute atomic E-state index is 13.5. The molecule has 186 valence electrons. The van der Waals surface area contributed by atoms with Gasteiger partial charge in [0.2, 0.25) is 5.95 Å². The summed E-state index contributed by atoms with van der Waals surface area (Å²) < 4.78 is 26.0. The van der Waals surface area contributed by atoms with E-state index in [1.807, 2.05) is 17.0 Å². The monoisotopic (exact) mass is 503 g/mol. The molecule has 1 N–H and O–H groups in total. The standard InChI is InChI=1S/C24H27ClFN5O4/c1-27-21(32)13-35-20-11-15-8-14(10-19(34-3)22(15)30(2)23(20)33)9-18-17(25)12-28-24(29-18)31-6-4-16(26)5-7-31/h8,10-12,16H,4-7,9,13H2,1-3H3,(H,27,32). The summed E-state index contributed by atoms with van der Waals surface area (Å²) in [5, 5.41) is 3.57. The van der Waals surface area contributed by atoms with Gasteiger partial charge in [-0.15, -0.1) is 0 Å². The topological polar surface area (TPSA) is 98.6 Å². The van der Waals surface area contributed by atoms with Crippen LogP contribution in [0.5, 0.6) is 11.5 Å². The van der Waals surface area contributed by atoms with Gasteiger partial charge in [0.25, 0.3) is 11.5 Å². The van der Waals surface area contributed by atoms with E-state index in [0.717, 1.165) is 5.56 Å². The molecule has 0 saturated carbocycles. The van der Waals surface area contributed by atoms with Crippen LogP contribution in [0.4, 0.5) is 10.3 Å². The van der Waals surface area contributed by atoms with Gasteiger partial charge in [0.1, 0.15) is 11.9 Å². The zero-order chi connectivity index (χ0) is 25.1. The largest absolute Gasteiger partial charge is 0.495 e. The lowest BCUT2D eigenvalue weighted by molar-refractivity contribution is -0.122. The second kappa shape index (κ2) is 10.5. The van der Waals surface area contributed by atoms with Gasteiger partial charge in [0.15, 0.2) is 12.4 Å². The van der Waals surface area contributed by atoms with Crippen molar-refractivity contribution in [1.82, 2.24) is 19.9 Å². The van der Waals surface area contributed by atoms with E-state index < -0.39 is 6.17 Å². The molecule has 0 spiro atoms. The van der Waals surface area contributed by atoms with Gasteiger partial charge >= 0.3 is 0 Å². The number of ether oxygens (including phenoxy) is 2. The summed E-state index contributed by atoms with van der Waals surface area (Å²) in [7, 11) is 4.64. The van der Waals surface area contributed by atoms with Crippen LogP contribution in [-0.4, -0.2) is 60.5 Å². The van der Waals surface area contributed by atoms with E-state index in [1.54, 1.807) is 19.3 Å². The number of hydrogen-bond acceptors (Lipinski definition) is 7. The molecule has 1 aliphatic heterocycles. The molecule has 1 fully saturated rings. The number of halogens is 2. The highest BCUT2D eigenvalue weighted by molar-refractivity contribution is 6.31. The van der Waals surface area contributed by atoms with Crippen LogP contribution < -0.4 is 25.2 Å². The van der Waals surface area contributed by atoms with Crippen molar-refractivity contribution >= 4 is 34.4 Å². The van der Waals surface area contributed by atoms with Crippen molar-refractivity contribution in [3.63, 3.8) is 0 Å². The van der Waals surface area contributed by atoms with Crippen LogP contribution >= 0.6 is 11.6 Å².